The van der Waals surface area contributed by atoms with Gasteiger partial charge in [-0.25, -0.2) is 4.79 Å². The first-order valence-electron chi connectivity index (χ1n) is 9.34. The molecule has 4 aromatic carbocycles. The first kappa shape index (κ1) is 18.6. The van der Waals surface area contributed by atoms with Crippen LogP contribution < -0.4 is 9.47 Å². The Morgan fingerprint density at radius 1 is 0.759 bits per heavy atom. The summed E-state index contributed by atoms with van der Waals surface area (Å²) in [5.41, 5.74) is 2.14. The van der Waals surface area contributed by atoms with E-state index in [0.29, 0.717) is 12.4 Å². The molecule has 0 saturated heterocycles. The normalized spacial score (nSPS) is 10.6. The second kappa shape index (κ2) is 8.48. The SMILES string of the molecule is O=C(O)c1ccc(OCc2ccccc2)cc1OCc1cccc2ccccc12. The van der Waals surface area contributed by atoms with E-state index in [1.807, 2.05) is 72.8 Å². The van der Waals surface area contributed by atoms with E-state index in [0.717, 1.165) is 21.9 Å². The maximum Gasteiger partial charge on any atom is 0.339 e. The molecule has 1 N–H and O–H groups in total. The van der Waals surface area contributed by atoms with Crippen LogP contribution in [-0.4, -0.2) is 11.1 Å². The summed E-state index contributed by atoms with van der Waals surface area (Å²) in [5.74, 6) is -0.185. The largest absolute Gasteiger partial charge is 0.489 e. The Morgan fingerprint density at radius 2 is 1.52 bits per heavy atom. The number of hydrogen-bond donors (Lipinski definition) is 1. The first-order chi connectivity index (χ1) is 14.2. The minimum Gasteiger partial charge on any atom is -0.489 e. The molecule has 0 aromatic heterocycles. The van der Waals surface area contributed by atoms with Crippen LogP contribution in [-0.2, 0) is 13.2 Å². The Kier molecular flexibility index (Phi) is 5.43. The highest BCUT2D eigenvalue weighted by Gasteiger charge is 2.14. The van der Waals surface area contributed by atoms with E-state index in [-0.39, 0.29) is 17.9 Å². The van der Waals surface area contributed by atoms with Gasteiger partial charge in [0.2, 0.25) is 0 Å². The van der Waals surface area contributed by atoms with Gasteiger partial charge in [-0.05, 0) is 34.0 Å². The van der Waals surface area contributed by atoms with Gasteiger partial charge >= 0.3 is 5.97 Å². The molecule has 144 valence electrons. The monoisotopic (exact) mass is 384 g/mol. The minimum absolute atomic E-state index is 0.109. The van der Waals surface area contributed by atoms with Crippen LogP contribution in [0.2, 0.25) is 0 Å². The van der Waals surface area contributed by atoms with Crippen molar-refractivity contribution < 1.29 is 19.4 Å². The highest BCUT2D eigenvalue weighted by Crippen LogP contribution is 2.28. The molecular weight excluding hydrogens is 364 g/mol. The number of fused-ring (bicyclic) bond motifs is 1. The van der Waals surface area contributed by atoms with Gasteiger partial charge in [0.25, 0.3) is 0 Å². The average molecular weight is 384 g/mol. The van der Waals surface area contributed by atoms with Gasteiger partial charge in [-0.1, -0.05) is 72.8 Å². The quantitative estimate of drug-likeness (QED) is 0.444. The third-order valence-corrected chi connectivity index (χ3v) is 4.69. The Morgan fingerprint density at radius 3 is 2.34 bits per heavy atom. The van der Waals surface area contributed by atoms with Gasteiger partial charge in [0.15, 0.2) is 0 Å². The van der Waals surface area contributed by atoms with Gasteiger partial charge in [0.05, 0.1) is 0 Å². The van der Waals surface area contributed by atoms with E-state index < -0.39 is 5.97 Å². The number of hydrogen-bond acceptors (Lipinski definition) is 3. The molecule has 0 aliphatic carbocycles. The number of benzene rings is 4. The van der Waals surface area contributed by atoms with Crippen LogP contribution in [0.15, 0.2) is 91.0 Å². The molecule has 0 spiro atoms. The average Bonchev–Trinajstić information content (AvgIpc) is 2.77. The third-order valence-electron chi connectivity index (χ3n) is 4.69. The van der Waals surface area contributed by atoms with E-state index in [1.54, 1.807) is 12.1 Å². The zero-order chi connectivity index (χ0) is 20.1. The number of carbonyl (C=O) groups is 1. The van der Waals surface area contributed by atoms with Gasteiger partial charge < -0.3 is 14.6 Å². The second-order valence-electron chi connectivity index (χ2n) is 6.66. The van der Waals surface area contributed by atoms with Gasteiger partial charge in [-0.2, -0.15) is 0 Å². The molecule has 4 rings (SSSR count). The molecule has 0 atom stereocenters. The lowest BCUT2D eigenvalue weighted by atomic mass is 10.1. The van der Waals surface area contributed by atoms with Crippen molar-refractivity contribution in [3.8, 4) is 11.5 Å². The molecule has 0 unspecified atom stereocenters. The standard InChI is InChI=1S/C25H20O4/c26-25(27)23-14-13-21(28-16-18-7-2-1-3-8-18)15-24(23)29-17-20-11-6-10-19-9-4-5-12-22(19)20/h1-15H,16-17H2,(H,26,27). The molecule has 4 nitrogen and oxygen atoms in total. The molecule has 0 heterocycles. The molecule has 0 aliphatic heterocycles. The van der Waals surface area contributed by atoms with Gasteiger partial charge in [0, 0.05) is 6.07 Å². The molecule has 4 heteroatoms. The van der Waals surface area contributed by atoms with Crippen LogP contribution in [0.1, 0.15) is 21.5 Å². The molecule has 0 aliphatic rings. The number of rotatable bonds is 7. The van der Waals surface area contributed by atoms with Crippen LogP contribution in [0.25, 0.3) is 10.8 Å². The number of carboxylic acids is 1. The lowest BCUT2D eigenvalue weighted by molar-refractivity contribution is 0.0691. The van der Waals surface area contributed by atoms with Crippen LogP contribution >= 0.6 is 0 Å². The van der Waals surface area contributed by atoms with Crippen molar-refractivity contribution in [3.05, 3.63) is 108 Å². The van der Waals surface area contributed by atoms with Gasteiger partial charge in [0.1, 0.15) is 30.3 Å². The lowest BCUT2D eigenvalue weighted by Gasteiger charge is -2.13. The molecular formula is C25H20O4. The summed E-state index contributed by atoms with van der Waals surface area (Å²) < 4.78 is 11.7. The molecule has 4 aromatic rings. The van der Waals surface area contributed by atoms with E-state index >= 15 is 0 Å². The molecule has 29 heavy (non-hydrogen) atoms. The van der Waals surface area contributed by atoms with Crippen molar-refractivity contribution in [2.75, 3.05) is 0 Å². The van der Waals surface area contributed by atoms with Crippen LogP contribution in [0.5, 0.6) is 11.5 Å². The van der Waals surface area contributed by atoms with Crippen molar-refractivity contribution in [1.82, 2.24) is 0 Å². The van der Waals surface area contributed by atoms with Gasteiger partial charge in [-0.15, -0.1) is 0 Å². The van der Waals surface area contributed by atoms with Crippen molar-refractivity contribution >= 4 is 16.7 Å². The molecule has 0 fully saturated rings. The molecule has 0 radical (unpaired) electrons. The summed E-state index contributed by atoms with van der Waals surface area (Å²) >= 11 is 0. The fourth-order valence-corrected chi connectivity index (χ4v) is 3.20. The van der Waals surface area contributed by atoms with Crippen LogP contribution in [0.4, 0.5) is 0 Å². The summed E-state index contributed by atoms with van der Waals surface area (Å²) in [6, 6.07) is 28.6. The maximum atomic E-state index is 11.6. The summed E-state index contributed by atoms with van der Waals surface area (Å²) in [4.78, 5) is 11.6. The predicted octanol–water partition coefficient (Wildman–Crippen LogP) is 5.70. The smallest absolute Gasteiger partial charge is 0.339 e. The van der Waals surface area contributed by atoms with Crippen molar-refractivity contribution in [3.63, 3.8) is 0 Å². The van der Waals surface area contributed by atoms with E-state index in [1.165, 1.54) is 6.07 Å². The fraction of sp³-hybridized carbons (Fsp3) is 0.0800. The van der Waals surface area contributed by atoms with Crippen molar-refractivity contribution in [1.29, 1.82) is 0 Å². The summed E-state index contributed by atoms with van der Waals surface area (Å²) in [6.45, 7) is 0.666. The van der Waals surface area contributed by atoms with Crippen LogP contribution in [0, 0.1) is 0 Å². The molecule has 0 bridgehead atoms. The minimum atomic E-state index is -1.03. The van der Waals surface area contributed by atoms with Crippen molar-refractivity contribution in [2.24, 2.45) is 0 Å². The van der Waals surface area contributed by atoms with E-state index in [2.05, 4.69) is 0 Å². The summed E-state index contributed by atoms with van der Waals surface area (Å²) in [7, 11) is 0. The highest BCUT2D eigenvalue weighted by atomic mass is 16.5. The number of carboxylic acid groups (broad SMARTS) is 1. The fourth-order valence-electron chi connectivity index (χ4n) is 3.20. The summed E-state index contributed by atoms with van der Waals surface area (Å²) in [6.07, 6.45) is 0. The van der Waals surface area contributed by atoms with E-state index in [4.69, 9.17) is 9.47 Å². The Balaban J connectivity index is 1.55. The van der Waals surface area contributed by atoms with Crippen molar-refractivity contribution in [2.45, 2.75) is 13.2 Å². The lowest BCUT2D eigenvalue weighted by Crippen LogP contribution is -2.05. The molecule has 0 amide bonds. The third kappa shape index (κ3) is 4.38. The Labute approximate surface area is 169 Å². The predicted molar refractivity (Wildman–Crippen MR) is 112 cm³/mol. The molecule has 0 saturated carbocycles. The maximum absolute atomic E-state index is 11.6. The van der Waals surface area contributed by atoms with E-state index in [9.17, 15) is 9.90 Å². The summed E-state index contributed by atoms with van der Waals surface area (Å²) in [5, 5.41) is 11.7. The number of ether oxygens (including phenoxy) is 2. The number of aromatic carboxylic acids is 1. The first-order valence-corrected chi connectivity index (χ1v) is 9.34. The zero-order valence-electron chi connectivity index (χ0n) is 15.7. The van der Waals surface area contributed by atoms with Gasteiger partial charge in [-0.3, -0.25) is 0 Å². The highest BCUT2D eigenvalue weighted by molar-refractivity contribution is 5.91. The topological polar surface area (TPSA) is 55.8 Å². The second-order valence-corrected chi connectivity index (χ2v) is 6.66. The zero-order valence-corrected chi connectivity index (χ0v) is 15.7. The Bertz CT molecular complexity index is 1130. The van der Waals surface area contributed by atoms with Crippen LogP contribution in [0.3, 0.4) is 0 Å². The Hall–Kier alpha value is -3.79.